The molecule has 0 saturated carbocycles. The van der Waals surface area contributed by atoms with Gasteiger partial charge in [-0.05, 0) is 39.9 Å². The topological polar surface area (TPSA) is 46.3 Å². The highest BCUT2D eigenvalue weighted by Gasteiger charge is 2.23. The van der Waals surface area contributed by atoms with Crippen LogP contribution in [-0.2, 0) is 4.79 Å². The molecule has 0 aromatic rings. The summed E-state index contributed by atoms with van der Waals surface area (Å²) in [6.45, 7) is 4.00. The molecule has 0 spiro atoms. The zero-order chi connectivity index (χ0) is 9.84. The summed E-state index contributed by atoms with van der Waals surface area (Å²) < 4.78 is 0. The Morgan fingerprint density at radius 1 is 1.54 bits per heavy atom. The molecule has 0 aliphatic carbocycles. The number of nitrogens with two attached hydrogens (primary N) is 1. The molecule has 1 rings (SSSR count). The number of likely N-dealkylation sites (tertiary alicyclic amines) is 1. The number of hydrogen-bond acceptors (Lipinski definition) is 3. The van der Waals surface area contributed by atoms with E-state index in [1.165, 1.54) is 0 Å². The summed E-state index contributed by atoms with van der Waals surface area (Å²) >= 11 is 0. The first-order valence-corrected chi connectivity index (χ1v) is 5.06. The van der Waals surface area contributed by atoms with Gasteiger partial charge in [0.1, 0.15) is 5.78 Å². The van der Waals surface area contributed by atoms with Crippen LogP contribution < -0.4 is 5.73 Å². The second kappa shape index (κ2) is 4.72. The molecule has 1 saturated heterocycles. The summed E-state index contributed by atoms with van der Waals surface area (Å²) in [6, 6.07) is 0.0205. The fourth-order valence-electron chi connectivity index (χ4n) is 1.81. The van der Waals surface area contributed by atoms with Crippen molar-refractivity contribution >= 4 is 5.78 Å². The minimum absolute atomic E-state index is 0.0205. The van der Waals surface area contributed by atoms with Gasteiger partial charge in [0.2, 0.25) is 0 Å². The monoisotopic (exact) mass is 184 g/mol. The quantitative estimate of drug-likeness (QED) is 0.700. The van der Waals surface area contributed by atoms with Crippen LogP contribution in [0.2, 0.25) is 0 Å². The molecule has 3 nitrogen and oxygen atoms in total. The van der Waals surface area contributed by atoms with Crippen LogP contribution in [0.4, 0.5) is 0 Å². The Morgan fingerprint density at radius 2 is 2.08 bits per heavy atom. The maximum atomic E-state index is 11.6. The molecule has 1 heterocycles. The maximum Gasteiger partial charge on any atom is 0.137 e. The van der Waals surface area contributed by atoms with Crippen LogP contribution in [0.25, 0.3) is 0 Å². The van der Waals surface area contributed by atoms with Crippen LogP contribution >= 0.6 is 0 Å². The summed E-state index contributed by atoms with van der Waals surface area (Å²) in [7, 11) is 2.10. The summed E-state index contributed by atoms with van der Waals surface area (Å²) in [6.07, 6.45) is 2.58. The predicted molar refractivity (Wildman–Crippen MR) is 53.5 cm³/mol. The van der Waals surface area contributed by atoms with Gasteiger partial charge in [-0.1, -0.05) is 0 Å². The third kappa shape index (κ3) is 3.44. The van der Waals surface area contributed by atoms with Gasteiger partial charge in [0.05, 0.1) is 0 Å². The first-order chi connectivity index (χ1) is 6.09. The molecule has 76 valence electrons. The van der Waals surface area contributed by atoms with E-state index < -0.39 is 0 Å². The lowest BCUT2D eigenvalue weighted by atomic mass is 9.90. The zero-order valence-corrected chi connectivity index (χ0v) is 8.62. The largest absolute Gasteiger partial charge is 0.328 e. The normalized spacial score (nSPS) is 23.0. The molecule has 1 aliphatic rings. The molecule has 0 aromatic heterocycles. The summed E-state index contributed by atoms with van der Waals surface area (Å²) in [5, 5.41) is 0. The zero-order valence-electron chi connectivity index (χ0n) is 8.62. The lowest BCUT2D eigenvalue weighted by Crippen LogP contribution is -2.35. The molecule has 0 aromatic carbocycles. The number of ketones is 1. The smallest absolute Gasteiger partial charge is 0.137 e. The summed E-state index contributed by atoms with van der Waals surface area (Å²) in [5.74, 6) is 0.644. The van der Waals surface area contributed by atoms with E-state index in [9.17, 15) is 4.79 Å². The predicted octanol–water partition coefficient (Wildman–Crippen LogP) is 0.635. The molecule has 2 N–H and O–H groups in total. The third-order valence-corrected chi connectivity index (χ3v) is 2.70. The van der Waals surface area contributed by atoms with Crippen LogP contribution in [0, 0.1) is 5.92 Å². The van der Waals surface area contributed by atoms with Gasteiger partial charge >= 0.3 is 0 Å². The van der Waals surface area contributed by atoms with Crippen molar-refractivity contribution in [3.8, 4) is 0 Å². The van der Waals surface area contributed by atoms with Gasteiger partial charge in [0.25, 0.3) is 0 Å². The van der Waals surface area contributed by atoms with E-state index in [1.807, 2.05) is 6.92 Å². The minimum atomic E-state index is 0.0205. The number of carbonyl (C=O) groups is 1. The Kier molecular flexibility index (Phi) is 3.88. The summed E-state index contributed by atoms with van der Waals surface area (Å²) in [4.78, 5) is 13.9. The molecular weight excluding hydrogens is 164 g/mol. The van der Waals surface area contributed by atoms with E-state index in [4.69, 9.17) is 5.73 Å². The number of piperidine rings is 1. The van der Waals surface area contributed by atoms with Crippen molar-refractivity contribution in [3.05, 3.63) is 0 Å². The Morgan fingerprint density at radius 3 is 2.54 bits per heavy atom. The molecule has 0 bridgehead atoms. The minimum Gasteiger partial charge on any atom is -0.328 e. The van der Waals surface area contributed by atoms with Crippen molar-refractivity contribution < 1.29 is 4.79 Å². The fraction of sp³-hybridized carbons (Fsp3) is 0.900. The van der Waals surface area contributed by atoms with Crippen LogP contribution in [0.15, 0.2) is 0 Å². The highest BCUT2D eigenvalue weighted by atomic mass is 16.1. The first-order valence-electron chi connectivity index (χ1n) is 5.06. The Labute approximate surface area is 80.3 Å². The van der Waals surface area contributed by atoms with E-state index in [-0.39, 0.29) is 12.0 Å². The lowest BCUT2D eigenvalue weighted by molar-refractivity contribution is -0.124. The third-order valence-electron chi connectivity index (χ3n) is 2.70. The molecule has 1 unspecified atom stereocenters. The van der Waals surface area contributed by atoms with E-state index >= 15 is 0 Å². The standard InChI is InChI=1S/C10H20N2O/c1-8(11)7-10(13)9-3-5-12(2)6-4-9/h8-9H,3-7,11H2,1-2H3. The molecule has 0 radical (unpaired) electrons. The van der Waals surface area contributed by atoms with E-state index in [1.54, 1.807) is 0 Å². The Balaban J connectivity index is 2.31. The van der Waals surface area contributed by atoms with Gasteiger partial charge < -0.3 is 10.6 Å². The highest BCUT2D eigenvalue weighted by molar-refractivity contribution is 5.81. The summed E-state index contributed by atoms with van der Waals surface area (Å²) in [5.41, 5.74) is 5.60. The molecule has 0 amide bonds. The Hall–Kier alpha value is -0.410. The second-order valence-corrected chi connectivity index (χ2v) is 4.23. The van der Waals surface area contributed by atoms with Gasteiger partial charge in [-0.3, -0.25) is 4.79 Å². The molecule has 1 aliphatic heterocycles. The molecule has 1 fully saturated rings. The number of rotatable bonds is 3. The van der Waals surface area contributed by atoms with Gasteiger partial charge in [-0.15, -0.1) is 0 Å². The van der Waals surface area contributed by atoms with Crippen LogP contribution in [0.5, 0.6) is 0 Å². The molecule has 13 heavy (non-hydrogen) atoms. The van der Waals surface area contributed by atoms with Crippen LogP contribution in [0.1, 0.15) is 26.2 Å². The van der Waals surface area contributed by atoms with Gasteiger partial charge in [-0.2, -0.15) is 0 Å². The highest BCUT2D eigenvalue weighted by Crippen LogP contribution is 2.18. The van der Waals surface area contributed by atoms with Crippen LogP contribution in [-0.4, -0.2) is 36.9 Å². The Bertz CT molecular complexity index is 172. The van der Waals surface area contributed by atoms with Crippen LogP contribution in [0.3, 0.4) is 0 Å². The SMILES string of the molecule is CC(N)CC(=O)C1CCN(C)CC1. The average molecular weight is 184 g/mol. The first kappa shape index (κ1) is 10.7. The number of nitrogens with zero attached hydrogens (tertiary/aromatic N) is 1. The van der Waals surface area contributed by atoms with Crippen molar-refractivity contribution in [3.63, 3.8) is 0 Å². The fourth-order valence-corrected chi connectivity index (χ4v) is 1.81. The maximum absolute atomic E-state index is 11.6. The van der Waals surface area contributed by atoms with Crippen molar-refractivity contribution in [2.75, 3.05) is 20.1 Å². The van der Waals surface area contributed by atoms with Gasteiger partial charge in [-0.25, -0.2) is 0 Å². The van der Waals surface area contributed by atoms with Crippen molar-refractivity contribution in [2.45, 2.75) is 32.2 Å². The van der Waals surface area contributed by atoms with Gasteiger partial charge in [0, 0.05) is 18.4 Å². The second-order valence-electron chi connectivity index (χ2n) is 4.23. The number of hydrogen-bond donors (Lipinski definition) is 1. The van der Waals surface area contributed by atoms with E-state index in [0.717, 1.165) is 25.9 Å². The van der Waals surface area contributed by atoms with Crippen molar-refractivity contribution in [1.82, 2.24) is 4.90 Å². The van der Waals surface area contributed by atoms with Crippen molar-refractivity contribution in [1.29, 1.82) is 0 Å². The van der Waals surface area contributed by atoms with Crippen molar-refractivity contribution in [2.24, 2.45) is 11.7 Å². The molecule has 3 heteroatoms. The average Bonchev–Trinajstić information content (AvgIpc) is 2.04. The number of carbonyl (C=O) groups excluding carboxylic acids is 1. The van der Waals surface area contributed by atoms with Gasteiger partial charge in [0.15, 0.2) is 0 Å². The molecule has 1 atom stereocenters. The van der Waals surface area contributed by atoms with E-state index in [2.05, 4.69) is 11.9 Å². The molecular formula is C10H20N2O. The number of Topliss-reactive ketones (excluding diaryl/α,β-unsaturated/α-hetero) is 1. The lowest BCUT2D eigenvalue weighted by Gasteiger charge is -2.28. The van der Waals surface area contributed by atoms with E-state index in [0.29, 0.717) is 12.2 Å².